The average Bonchev–Trinajstić information content (AvgIpc) is 2.55. The van der Waals surface area contributed by atoms with Crippen LogP contribution in [0.5, 0.6) is 0 Å². The second-order valence-electron chi connectivity index (χ2n) is 5.69. The normalized spacial score (nSPS) is 13.1. The van der Waals surface area contributed by atoms with E-state index in [4.69, 9.17) is 0 Å². The van der Waals surface area contributed by atoms with E-state index < -0.39 is 12.4 Å². The zero-order valence-corrected chi connectivity index (χ0v) is 14.2. The number of hydrogen-bond acceptors (Lipinski definition) is 2. The minimum absolute atomic E-state index is 0.608. The van der Waals surface area contributed by atoms with Gasteiger partial charge in [-0.15, -0.1) is 0 Å². The summed E-state index contributed by atoms with van der Waals surface area (Å²) < 4.78 is 14.9. The summed E-state index contributed by atoms with van der Waals surface area (Å²) >= 11 is 0. The number of nitrogens with zero attached hydrogens (tertiary/aromatic N) is 1. The first kappa shape index (κ1) is 16.5. The molecule has 0 spiro atoms. The summed E-state index contributed by atoms with van der Waals surface area (Å²) in [6.07, 6.45) is 2.16. The van der Waals surface area contributed by atoms with Crippen molar-refractivity contribution in [2.75, 3.05) is 0 Å². The van der Waals surface area contributed by atoms with Crippen LogP contribution in [-0.4, -0.2) is 16.2 Å². The number of benzene rings is 2. The van der Waals surface area contributed by atoms with Crippen LogP contribution in [-0.2, 0) is 4.57 Å². The van der Waals surface area contributed by atoms with Gasteiger partial charge in [-0.25, -0.2) is 4.74 Å². The fourth-order valence-corrected chi connectivity index (χ4v) is 5.69. The third kappa shape index (κ3) is 2.74. The van der Waals surface area contributed by atoms with Crippen LogP contribution >= 0.6 is 7.14 Å². The second kappa shape index (κ2) is 6.50. The van der Waals surface area contributed by atoms with Gasteiger partial charge in [-0.2, -0.15) is 0 Å². The molecule has 2 aromatic rings. The minimum Gasteiger partial charge on any atom is -0.623 e. The van der Waals surface area contributed by atoms with Gasteiger partial charge in [-0.3, -0.25) is 0 Å². The molecule has 0 aliphatic rings. The summed E-state index contributed by atoms with van der Waals surface area (Å²) in [7, 11) is -3.13. The molecule has 0 heterocycles. The molecule has 3 nitrogen and oxygen atoms in total. The van der Waals surface area contributed by atoms with Gasteiger partial charge >= 0.3 is 0 Å². The highest BCUT2D eigenvalue weighted by Gasteiger charge is 2.49. The molecular weight excluding hydrogens is 293 g/mol. The van der Waals surface area contributed by atoms with Crippen LogP contribution in [0.1, 0.15) is 27.2 Å². The van der Waals surface area contributed by atoms with Crippen molar-refractivity contribution in [3.63, 3.8) is 0 Å². The van der Waals surface area contributed by atoms with Crippen molar-refractivity contribution >= 4 is 24.0 Å². The lowest BCUT2D eigenvalue weighted by Crippen LogP contribution is -2.41. The molecule has 0 N–H and O–H groups in total. The number of hydrogen-bond donors (Lipinski definition) is 0. The molecule has 2 rings (SSSR count). The van der Waals surface area contributed by atoms with Gasteiger partial charge in [0.25, 0.3) is 0 Å². The first-order valence-corrected chi connectivity index (χ1v) is 9.16. The molecule has 0 fully saturated rings. The van der Waals surface area contributed by atoms with Crippen LogP contribution in [0.3, 0.4) is 0 Å². The van der Waals surface area contributed by atoms with Crippen molar-refractivity contribution in [1.82, 2.24) is 0 Å². The largest absolute Gasteiger partial charge is 0.623 e. The quantitative estimate of drug-likeness (QED) is 0.277. The first-order chi connectivity index (χ1) is 10.4. The summed E-state index contributed by atoms with van der Waals surface area (Å²) in [4.78, 5) is 0. The Labute approximate surface area is 132 Å². The smallest absolute Gasteiger partial charge is 0.224 e. The van der Waals surface area contributed by atoms with Gasteiger partial charge in [-0.1, -0.05) is 67.6 Å². The minimum atomic E-state index is -3.13. The Morgan fingerprint density at radius 3 is 1.77 bits per heavy atom. The summed E-state index contributed by atoms with van der Waals surface area (Å²) in [5.74, 6) is 0. The Balaban J connectivity index is 2.73. The Morgan fingerprint density at radius 1 is 1.00 bits per heavy atom. The number of rotatable bonds is 5. The average molecular weight is 315 g/mol. The summed E-state index contributed by atoms with van der Waals surface area (Å²) in [6, 6.07) is 18.6. The monoisotopic (exact) mass is 315 g/mol. The molecule has 4 heteroatoms. The molecule has 0 unspecified atom stereocenters. The molecule has 116 valence electrons. The molecule has 2 aromatic carbocycles. The lowest BCUT2D eigenvalue weighted by atomic mass is 10.3. The van der Waals surface area contributed by atoms with Gasteiger partial charge in [0.15, 0.2) is 6.21 Å². The molecule has 22 heavy (non-hydrogen) atoms. The lowest BCUT2D eigenvalue weighted by Gasteiger charge is -2.33. The Bertz CT molecular complexity index is 650. The predicted molar refractivity (Wildman–Crippen MR) is 93.8 cm³/mol. The van der Waals surface area contributed by atoms with Gasteiger partial charge in [0.1, 0.15) is 0 Å². The Kier molecular flexibility index (Phi) is 4.87. The van der Waals surface area contributed by atoms with E-state index in [1.807, 2.05) is 67.6 Å². The third-order valence-electron chi connectivity index (χ3n) is 3.90. The predicted octanol–water partition coefficient (Wildman–Crippen LogP) is 3.73. The highest BCUT2D eigenvalue weighted by Crippen LogP contribution is 2.55. The maximum Gasteiger partial charge on any atom is 0.224 e. The van der Waals surface area contributed by atoms with E-state index in [9.17, 15) is 9.77 Å². The zero-order chi connectivity index (χ0) is 16.2. The van der Waals surface area contributed by atoms with Gasteiger partial charge in [0.05, 0.1) is 0 Å². The van der Waals surface area contributed by atoms with Crippen LogP contribution in [0, 0.1) is 5.21 Å². The molecule has 0 aliphatic carbocycles. The number of hydroxylamine groups is 1. The van der Waals surface area contributed by atoms with Gasteiger partial charge in [0.2, 0.25) is 12.4 Å². The molecule has 0 atom stereocenters. The lowest BCUT2D eigenvalue weighted by molar-refractivity contribution is -0.507. The fourth-order valence-electron chi connectivity index (χ4n) is 2.58. The Morgan fingerprint density at radius 2 is 1.41 bits per heavy atom. The summed E-state index contributed by atoms with van der Waals surface area (Å²) in [5.41, 5.74) is 0. The van der Waals surface area contributed by atoms with E-state index in [2.05, 4.69) is 0 Å². The van der Waals surface area contributed by atoms with Gasteiger partial charge in [0, 0.05) is 30.9 Å². The van der Waals surface area contributed by atoms with Crippen molar-refractivity contribution in [2.24, 2.45) is 0 Å². The van der Waals surface area contributed by atoms with E-state index in [1.54, 1.807) is 20.1 Å². The fraction of sp³-hybridized carbons (Fsp3) is 0.278. The van der Waals surface area contributed by atoms with Crippen molar-refractivity contribution < 1.29 is 9.30 Å². The molecular formula is C18H22NO2P. The van der Waals surface area contributed by atoms with E-state index in [0.29, 0.717) is 17.0 Å². The van der Waals surface area contributed by atoms with Gasteiger partial charge in [-0.05, 0) is 0 Å². The van der Waals surface area contributed by atoms with Crippen LogP contribution in [0.15, 0.2) is 60.7 Å². The molecule has 0 saturated carbocycles. The summed E-state index contributed by atoms with van der Waals surface area (Å²) in [6.45, 7) is 5.41. The first-order valence-electron chi connectivity index (χ1n) is 7.45. The molecule has 0 aromatic heterocycles. The molecule has 0 saturated heterocycles. The van der Waals surface area contributed by atoms with Crippen molar-refractivity contribution in [3.05, 3.63) is 65.9 Å². The van der Waals surface area contributed by atoms with E-state index in [1.165, 1.54) is 0 Å². The Hall–Kier alpha value is -1.86. The highest BCUT2D eigenvalue weighted by atomic mass is 31.2. The van der Waals surface area contributed by atoms with Crippen molar-refractivity contribution in [3.8, 4) is 0 Å². The highest BCUT2D eigenvalue weighted by molar-refractivity contribution is 7.79. The molecule has 0 aliphatic heterocycles. The van der Waals surface area contributed by atoms with E-state index in [0.717, 1.165) is 4.74 Å². The summed E-state index contributed by atoms with van der Waals surface area (Å²) in [5, 5.41) is 12.9. The zero-order valence-electron chi connectivity index (χ0n) is 13.3. The van der Waals surface area contributed by atoms with Crippen LogP contribution in [0.4, 0.5) is 0 Å². The van der Waals surface area contributed by atoms with E-state index in [-0.39, 0.29) is 0 Å². The van der Waals surface area contributed by atoms with Crippen LogP contribution < -0.4 is 10.6 Å². The molecule has 0 amide bonds. The van der Waals surface area contributed by atoms with Crippen LogP contribution in [0.2, 0.25) is 0 Å². The maximum atomic E-state index is 14.1. The molecule has 0 bridgehead atoms. The SMILES string of the molecule is CC/C=[N+](\[O-])C(C)(C)P(=O)(c1ccccc1)c1ccccc1. The van der Waals surface area contributed by atoms with Gasteiger partial charge < -0.3 is 9.77 Å². The standard InChI is InChI=1S/C18H22NO2P/c1-4-15-19(20)18(2,3)22(21,16-11-7-5-8-12-16)17-13-9-6-10-14-17/h5-15H,4H2,1-3H3/b19-15-. The second-order valence-corrected chi connectivity index (χ2v) is 9.04. The molecule has 0 radical (unpaired) electrons. The topological polar surface area (TPSA) is 43.1 Å². The van der Waals surface area contributed by atoms with Crippen molar-refractivity contribution in [1.29, 1.82) is 0 Å². The van der Waals surface area contributed by atoms with E-state index >= 15 is 0 Å². The van der Waals surface area contributed by atoms with Crippen LogP contribution in [0.25, 0.3) is 0 Å². The van der Waals surface area contributed by atoms with Crippen molar-refractivity contribution in [2.45, 2.75) is 32.5 Å². The third-order valence-corrected chi connectivity index (χ3v) is 7.69. The maximum absolute atomic E-state index is 14.1.